The zero-order valence-electron chi connectivity index (χ0n) is 9.37. The molecule has 0 aliphatic heterocycles. The van der Waals surface area contributed by atoms with E-state index in [2.05, 4.69) is 13.8 Å². The summed E-state index contributed by atoms with van der Waals surface area (Å²) in [5.74, 6) is 1.33. The van der Waals surface area contributed by atoms with Crippen LogP contribution < -0.4 is 5.73 Å². The van der Waals surface area contributed by atoms with Crippen molar-refractivity contribution in [1.82, 2.24) is 0 Å². The molecule has 3 nitrogen and oxygen atoms in total. The Kier molecular flexibility index (Phi) is 5.45. The molecule has 2 N–H and O–H groups in total. The number of hydrogen-bond donors (Lipinski definition) is 1. The second kappa shape index (κ2) is 6.38. The minimum Gasteiger partial charge on any atom is -0.379 e. The van der Waals surface area contributed by atoms with Crippen LogP contribution in [-0.2, 0) is 9.47 Å². The molecule has 84 valence electrons. The highest BCUT2D eigenvalue weighted by Crippen LogP contribution is 2.31. The SMILES string of the molecule is CC(C)COCCOCC(N)C1CC1. The van der Waals surface area contributed by atoms with Crippen LogP contribution in [0.4, 0.5) is 0 Å². The van der Waals surface area contributed by atoms with Gasteiger partial charge in [0.2, 0.25) is 0 Å². The Balaban J connectivity index is 1.79. The van der Waals surface area contributed by atoms with Gasteiger partial charge in [-0.1, -0.05) is 13.8 Å². The van der Waals surface area contributed by atoms with Gasteiger partial charge in [0, 0.05) is 12.6 Å². The number of hydrogen-bond acceptors (Lipinski definition) is 3. The summed E-state index contributed by atoms with van der Waals surface area (Å²) >= 11 is 0. The van der Waals surface area contributed by atoms with E-state index in [1.807, 2.05) is 0 Å². The molecule has 1 atom stereocenters. The Hall–Kier alpha value is -0.120. The Morgan fingerprint density at radius 2 is 1.71 bits per heavy atom. The van der Waals surface area contributed by atoms with Crippen LogP contribution in [0.2, 0.25) is 0 Å². The first-order valence-corrected chi connectivity index (χ1v) is 5.61. The molecule has 1 saturated carbocycles. The summed E-state index contributed by atoms with van der Waals surface area (Å²) in [5, 5.41) is 0. The second-order valence-corrected chi connectivity index (χ2v) is 4.54. The summed E-state index contributed by atoms with van der Waals surface area (Å²) in [6.07, 6.45) is 2.57. The van der Waals surface area contributed by atoms with E-state index >= 15 is 0 Å². The van der Waals surface area contributed by atoms with E-state index in [0.29, 0.717) is 25.7 Å². The van der Waals surface area contributed by atoms with Crippen molar-refractivity contribution >= 4 is 0 Å². The molecule has 0 saturated heterocycles. The molecular weight excluding hydrogens is 178 g/mol. The zero-order valence-corrected chi connectivity index (χ0v) is 9.37. The molecular formula is C11H23NO2. The van der Waals surface area contributed by atoms with Crippen LogP contribution in [-0.4, -0.2) is 32.5 Å². The Bertz CT molecular complexity index is 146. The molecule has 14 heavy (non-hydrogen) atoms. The van der Waals surface area contributed by atoms with Crippen molar-refractivity contribution in [2.75, 3.05) is 26.4 Å². The predicted octanol–water partition coefficient (Wildman–Crippen LogP) is 1.41. The molecule has 1 rings (SSSR count). The molecule has 1 fully saturated rings. The highest BCUT2D eigenvalue weighted by molar-refractivity contribution is 4.83. The van der Waals surface area contributed by atoms with E-state index in [4.69, 9.17) is 15.2 Å². The van der Waals surface area contributed by atoms with E-state index in [0.717, 1.165) is 12.5 Å². The van der Waals surface area contributed by atoms with E-state index in [1.165, 1.54) is 12.8 Å². The fourth-order valence-electron chi connectivity index (χ4n) is 1.32. The van der Waals surface area contributed by atoms with Gasteiger partial charge in [0.25, 0.3) is 0 Å². The Labute approximate surface area is 86.9 Å². The van der Waals surface area contributed by atoms with Crippen LogP contribution in [0.5, 0.6) is 0 Å². The average molecular weight is 201 g/mol. The summed E-state index contributed by atoms with van der Waals surface area (Å²) < 4.78 is 10.8. The van der Waals surface area contributed by atoms with Gasteiger partial charge in [-0.05, 0) is 24.7 Å². The molecule has 1 unspecified atom stereocenters. The van der Waals surface area contributed by atoms with Crippen molar-refractivity contribution in [2.45, 2.75) is 32.7 Å². The van der Waals surface area contributed by atoms with Gasteiger partial charge < -0.3 is 15.2 Å². The number of ether oxygens (including phenoxy) is 2. The maximum atomic E-state index is 5.88. The second-order valence-electron chi connectivity index (χ2n) is 4.54. The summed E-state index contributed by atoms with van der Waals surface area (Å²) in [5.41, 5.74) is 5.88. The first-order valence-electron chi connectivity index (χ1n) is 5.61. The molecule has 0 aromatic carbocycles. The van der Waals surface area contributed by atoms with E-state index in [9.17, 15) is 0 Å². The maximum absolute atomic E-state index is 5.88. The first kappa shape index (κ1) is 12.0. The quantitative estimate of drug-likeness (QED) is 0.604. The van der Waals surface area contributed by atoms with Gasteiger partial charge in [-0.25, -0.2) is 0 Å². The van der Waals surface area contributed by atoms with Crippen molar-refractivity contribution in [3.63, 3.8) is 0 Å². The minimum absolute atomic E-state index is 0.250. The van der Waals surface area contributed by atoms with Crippen LogP contribution in [0.3, 0.4) is 0 Å². The Morgan fingerprint density at radius 1 is 1.14 bits per heavy atom. The molecule has 0 radical (unpaired) electrons. The predicted molar refractivity (Wildman–Crippen MR) is 57.2 cm³/mol. The highest BCUT2D eigenvalue weighted by atomic mass is 16.5. The van der Waals surface area contributed by atoms with Crippen LogP contribution in [0, 0.1) is 11.8 Å². The van der Waals surface area contributed by atoms with E-state index in [1.54, 1.807) is 0 Å². The average Bonchev–Trinajstić information content (AvgIpc) is 2.92. The lowest BCUT2D eigenvalue weighted by Gasteiger charge is -2.11. The van der Waals surface area contributed by atoms with Crippen molar-refractivity contribution in [3.8, 4) is 0 Å². The van der Waals surface area contributed by atoms with Gasteiger partial charge in [-0.15, -0.1) is 0 Å². The molecule has 3 heteroatoms. The zero-order chi connectivity index (χ0) is 10.4. The minimum atomic E-state index is 0.250. The third-order valence-corrected chi connectivity index (χ3v) is 2.36. The van der Waals surface area contributed by atoms with E-state index in [-0.39, 0.29) is 6.04 Å². The molecule has 0 heterocycles. The first-order chi connectivity index (χ1) is 6.70. The standard InChI is InChI=1S/C11H23NO2/c1-9(2)7-13-5-6-14-8-11(12)10-3-4-10/h9-11H,3-8,12H2,1-2H3. The molecule has 0 bridgehead atoms. The largest absolute Gasteiger partial charge is 0.379 e. The van der Waals surface area contributed by atoms with Gasteiger partial charge in [-0.3, -0.25) is 0 Å². The van der Waals surface area contributed by atoms with Gasteiger partial charge in [0.1, 0.15) is 0 Å². The van der Waals surface area contributed by atoms with Crippen LogP contribution in [0.15, 0.2) is 0 Å². The van der Waals surface area contributed by atoms with Crippen molar-refractivity contribution in [1.29, 1.82) is 0 Å². The molecule has 0 aromatic rings. The van der Waals surface area contributed by atoms with E-state index < -0.39 is 0 Å². The fourth-order valence-corrected chi connectivity index (χ4v) is 1.32. The third kappa shape index (κ3) is 5.58. The normalized spacial score (nSPS) is 18.9. The number of nitrogens with two attached hydrogens (primary N) is 1. The molecule has 0 amide bonds. The molecule has 0 spiro atoms. The van der Waals surface area contributed by atoms with Crippen LogP contribution in [0.1, 0.15) is 26.7 Å². The van der Waals surface area contributed by atoms with Crippen molar-refractivity contribution < 1.29 is 9.47 Å². The fraction of sp³-hybridized carbons (Fsp3) is 1.00. The lowest BCUT2D eigenvalue weighted by atomic mass is 10.2. The summed E-state index contributed by atoms with van der Waals surface area (Å²) in [6, 6.07) is 0.250. The lowest BCUT2D eigenvalue weighted by Crippen LogP contribution is -2.29. The summed E-state index contributed by atoms with van der Waals surface area (Å²) in [7, 11) is 0. The lowest BCUT2D eigenvalue weighted by molar-refractivity contribution is 0.0319. The van der Waals surface area contributed by atoms with Crippen molar-refractivity contribution in [3.05, 3.63) is 0 Å². The monoisotopic (exact) mass is 201 g/mol. The van der Waals surface area contributed by atoms with Crippen LogP contribution in [0.25, 0.3) is 0 Å². The topological polar surface area (TPSA) is 44.5 Å². The molecule has 1 aliphatic carbocycles. The highest BCUT2D eigenvalue weighted by Gasteiger charge is 2.28. The smallest absolute Gasteiger partial charge is 0.0701 e. The molecule has 0 aromatic heterocycles. The summed E-state index contributed by atoms with van der Waals surface area (Å²) in [4.78, 5) is 0. The van der Waals surface area contributed by atoms with Gasteiger partial charge in [0.15, 0.2) is 0 Å². The Morgan fingerprint density at radius 3 is 2.21 bits per heavy atom. The van der Waals surface area contributed by atoms with Gasteiger partial charge in [0.05, 0.1) is 19.8 Å². The van der Waals surface area contributed by atoms with Crippen LogP contribution >= 0.6 is 0 Å². The third-order valence-electron chi connectivity index (χ3n) is 2.36. The van der Waals surface area contributed by atoms with Gasteiger partial charge in [-0.2, -0.15) is 0 Å². The summed E-state index contributed by atoms with van der Waals surface area (Å²) in [6.45, 7) is 7.16. The van der Waals surface area contributed by atoms with Crippen molar-refractivity contribution in [2.24, 2.45) is 17.6 Å². The number of rotatable bonds is 8. The maximum Gasteiger partial charge on any atom is 0.0701 e. The molecule has 1 aliphatic rings. The van der Waals surface area contributed by atoms with Gasteiger partial charge >= 0.3 is 0 Å².